The van der Waals surface area contributed by atoms with E-state index in [2.05, 4.69) is 90.4 Å². The van der Waals surface area contributed by atoms with Crippen molar-refractivity contribution in [1.29, 1.82) is 0 Å². The van der Waals surface area contributed by atoms with Gasteiger partial charge in [-0.3, -0.25) is 0 Å². The number of nitrogens with zero attached hydrogens (tertiary/aromatic N) is 1. The Hall–Kier alpha value is -2.77. The van der Waals surface area contributed by atoms with Gasteiger partial charge in [-0.2, -0.15) is 0 Å². The maximum absolute atomic E-state index is 6.30. The Balaban J connectivity index is 1.84. The second-order valence-corrected chi connectivity index (χ2v) is 7.26. The number of halogens is 1. The highest BCUT2D eigenvalue weighted by molar-refractivity contribution is 6.30. The van der Waals surface area contributed by atoms with Gasteiger partial charge >= 0.3 is 0 Å². The first kappa shape index (κ1) is 15.5. The van der Waals surface area contributed by atoms with E-state index in [4.69, 9.17) is 11.6 Å². The maximum atomic E-state index is 6.30. The van der Waals surface area contributed by atoms with Crippen molar-refractivity contribution in [2.24, 2.45) is 0 Å². The lowest BCUT2D eigenvalue weighted by Gasteiger charge is -2.09. The average molecular weight is 356 g/mol. The second kappa shape index (κ2) is 5.89. The number of rotatable bonds is 2. The molecule has 1 aromatic heterocycles. The minimum absolute atomic E-state index is 0.302. The topological polar surface area (TPSA) is 4.93 Å². The Morgan fingerprint density at radius 1 is 0.769 bits per heavy atom. The minimum atomic E-state index is 0.302. The Morgan fingerprint density at radius 3 is 2.12 bits per heavy atom. The first-order chi connectivity index (χ1) is 12.7. The van der Waals surface area contributed by atoms with Crippen LogP contribution in [0.2, 0.25) is 5.02 Å². The van der Waals surface area contributed by atoms with Crippen molar-refractivity contribution in [3.63, 3.8) is 0 Å². The molecule has 0 bridgehead atoms. The van der Waals surface area contributed by atoms with Crippen LogP contribution in [-0.4, -0.2) is 4.57 Å². The summed E-state index contributed by atoms with van der Waals surface area (Å²) < 4.78 is 2.41. The normalized spacial score (nSPS) is 14.9. The van der Waals surface area contributed by atoms with Gasteiger partial charge in [0.1, 0.15) is 0 Å². The van der Waals surface area contributed by atoms with Gasteiger partial charge in [-0.1, -0.05) is 79.2 Å². The molecule has 0 saturated heterocycles. The largest absolute Gasteiger partial charge is 0.312 e. The fraction of sp³-hybridized carbons (Fsp3) is 0.0833. The predicted octanol–water partition coefficient (Wildman–Crippen LogP) is 6.93. The van der Waals surface area contributed by atoms with Gasteiger partial charge in [-0.05, 0) is 41.0 Å². The molecule has 1 unspecified atom stereocenters. The van der Waals surface area contributed by atoms with Gasteiger partial charge in [0.15, 0.2) is 0 Å². The number of hydrogen-bond acceptors (Lipinski definition) is 0. The van der Waals surface area contributed by atoms with Crippen molar-refractivity contribution in [1.82, 2.24) is 4.57 Å². The summed E-state index contributed by atoms with van der Waals surface area (Å²) >= 11 is 6.30. The highest BCUT2D eigenvalue weighted by Crippen LogP contribution is 2.47. The van der Waals surface area contributed by atoms with Crippen LogP contribution < -0.4 is 0 Å². The molecule has 2 heteroatoms. The summed E-state index contributed by atoms with van der Waals surface area (Å²) in [6.45, 7) is 2.27. The monoisotopic (exact) mass is 355 g/mol. The average Bonchev–Trinajstić information content (AvgIpc) is 3.20. The molecule has 4 aromatic rings. The third kappa shape index (κ3) is 2.24. The SMILES string of the molecule is CC1c2cc(Cl)ccc2-n2c(-c3ccccc3)cc(-c3ccccc3)c21. The van der Waals surface area contributed by atoms with E-state index in [0.717, 1.165) is 5.02 Å². The zero-order valence-corrected chi connectivity index (χ0v) is 15.2. The molecule has 1 nitrogen and oxygen atoms in total. The molecule has 126 valence electrons. The Labute approximate surface area is 158 Å². The molecular weight excluding hydrogens is 338 g/mol. The van der Waals surface area contributed by atoms with E-state index in [-0.39, 0.29) is 0 Å². The first-order valence-corrected chi connectivity index (χ1v) is 9.28. The van der Waals surface area contributed by atoms with Crippen molar-refractivity contribution < 1.29 is 0 Å². The van der Waals surface area contributed by atoms with Crippen molar-refractivity contribution >= 4 is 11.6 Å². The molecule has 1 aliphatic heterocycles. The second-order valence-electron chi connectivity index (χ2n) is 6.82. The number of hydrogen-bond donors (Lipinski definition) is 0. The van der Waals surface area contributed by atoms with Gasteiger partial charge in [0.2, 0.25) is 0 Å². The molecule has 2 heterocycles. The van der Waals surface area contributed by atoms with Gasteiger partial charge in [-0.15, -0.1) is 0 Å². The molecule has 1 atom stereocenters. The smallest absolute Gasteiger partial charge is 0.0538 e. The molecule has 0 spiro atoms. The highest BCUT2D eigenvalue weighted by atomic mass is 35.5. The summed E-state index contributed by atoms with van der Waals surface area (Å²) in [4.78, 5) is 0. The van der Waals surface area contributed by atoms with Crippen molar-refractivity contribution in [3.05, 3.63) is 101 Å². The predicted molar refractivity (Wildman–Crippen MR) is 109 cm³/mol. The Morgan fingerprint density at radius 2 is 1.42 bits per heavy atom. The molecule has 0 amide bonds. The summed E-state index contributed by atoms with van der Waals surface area (Å²) in [7, 11) is 0. The molecular formula is C24H18ClN. The van der Waals surface area contributed by atoms with E-state index in [0.29, 0.717) is 5.92 Å². The summed E-state index contributed by atoms with van der Waals surface area (Å²) in [5.41, 5.74) is 8.87. The number of fused-ring (bicyclic) bond motifs is 3. The quantitative estimate of drug-likeness (QED) is 0.367. The van der Waals surface area contributed by atoms with Crippen LogP contribution in [0.25, 0.3) is 28.1 Å². The highest BCUT2D eigenvalue weighted by Gasteiger charge is 2.31. The van der Waals surface area contributed by atoms with Crippen molar-refractivity contribution in [2.45, 2.75) is 12.8 Å². The molecule has 26 heavy (non-hydrogen) atoms. The summed E-state index contributed by atoms with van der Waals surface area (Å²) in [5, 5.41) is 0.795. The lowest BCUT2D eigenvalue weighted by Crippen LogP contribution is -1.96. The fourth-order valence-corrected chi connectivity index (χ4v) is 4.29. The van der Waals surface area contributed by atoms with Crippen LogP contribution in [0.3, 0.4) is 0 Å². The standard InChI is InChI=1S/C24H18ClN/c1-16-20-14-19(25)12-13-22(20)26-23(18-10-6-3-7-11-18)15-21(24(16)26)17-8-4-2-5-9-17/h2-16H,1H3. The molecule has 5 rings (SSSR count). The zero-order chi connectivity index (χ0) is 17.7. The molecule has 0 radical (unpaired) electrons. The van der Waals surface area contributed by atoms with Crippen LogP contribution in [0, 0.1) is 0 Å². The fourth-order valence-electron chi connectivity index (χ4n) is 4.11. The molecule has 0 aliphatic carbocycles. The number of benzene rings is 3. The molecule has 1 aliphatic rings. The van der Waals surface area contributed by atoms with E-state index >= 15 is 0 Å². The Bertz CT molecular complexity index is 1090. The van der Waals surface area contributed by atoms with E-state index in [1.54, 1.807) is 0 Å². The molecule has 0 N–H and O–H groups in total. The third-order valence-corrected chi connectivity index (χ3v) is 5.54. The van der Waals surface area contributed by atoms with Gasteiger partial charge in [0.25, 0.3) is 0 Å². The summed E-state index contributed by atoms with van der Waals surface area (Å²) in [6, 6.07) is 29.8. The van der Waals surface area contributed by atoms with Gasteiger partial charge in [0, 0.05) is 27.9 Å². The van der Waals surface area contributed by atoms with E-state index < -0.39 is 0 Å². The van der Waals surface area contributed by atoms with Gasteiger partial charge < -0.3 is 4.57 Å². The molecule has 0 saturated carbocycles. The Kier molecular flexibility index (Phi) is 3.51. The third-order valence-electron chi connectivity index (χ3n) is 5.30. The van der Waals surface area contributed by atoms with E-state index in [9.17, 15) is 0 Å². The molecule has 0 fully saturated rings. The van der Waals surface area contributed by atoms with Gasteiger partial charge in [-0.25, -0.2) is 0 Å². The summed E-state index contributed by atoms with van der Waals surface area (Å²) in [5.74, 6) is 0.302. The van der Waals surface area contributed by atoms with Crippen molar-refractivity contribution in [3.8, 4) is 28.1 Å². The van der Waals surface area contributed by atoms with E-state index in [1.165, 1.54) is 39.3 Å². The number of aromatic nitrogens is 1. The summed E-state index contributed by atoms with van der Waals surface area (Å²) in [6.07, 6.45) is 0. The van der Waals surface area contributed by atoms with Crippen LogP contribution >= 0.6 is 11.6 Å². The van der Waals surface area contributed by atoms with Crippen LogP contribution in [0.1, 0.15) is 24.1 Å². The lowest BCUT2D eigenvalue weighted by molar-refractivity contribution is 0.913. The van der Waals surface area contributed by atoms with Gasteiger partial charge in [0.05, 0.1) is 5.69 Å². The first-order valence-electron chi connectivity index (χ1n) is 8.90. The van der Waals surface area contributed by atoms with Crippen molar-refractivity contribution in [2.75, 3.05) is 0 Å². The maximum Gasteiger partial charge on any atom is 0.0538 e. The zero-order valence-electron chi connectivity index (χ0n) is 14.5. The van der Waals surface area contributed by atoms with Crippen LogP contribution in [0.15, 0.2) is 84.9 Å². The lowest BCUT2D eigenvalue weighted by atomic mass is 9.94. The van der Waals surface area contributed by atoms with Crippen LogP contribution in [0.4, 0.5) is 0 Å². The van der Waals surface area contributed by atoms with Crippen LogP contribution in [0.5, 0.6) is 0 Å². The molecule has 3 aromatic carbocycles. The minimum Gasteiger partial charge on any atom is -0.312 e. The van der Waals surface area contributed by atoms with E-state index in [1.807, 2.05) is 6.07 Å². The van der Waals surface area contributed by atoms with Crippen LogP contribution in [-0.2, 0) is 0 Å².